The Hall–Kier alpha value is -2.28. The van der Waals surface area contributed by atoms with Crippen LogP contribution in [0.5, 0.6) is 0 Å². The molecule has 96 valence electrons. The standard InChI is InChI=1S/C15H16N4/c1-17-12-6-4-5-11(9-12)15-18-13(10-16)14-7-2-3-8-19(14)15/h4-6,9,17H,2-3,7-8H2,1H3. The molecule has 1 aliphatic heterocycles. The van der Waals surface area contributed by atoms with Crippen LogP contribution in [0.3, 0.4) is 0 Å². The van der Waals surface area contributed by atoms with Crippen molar-refractivity contribution in [1.29, 1.82) is 5.26 Å². The fraction of sp³-hybridized carbons (Fsp3) is 0.333. The van der Waals surface area contributed by atoms with Crippen LogP contribution in [0.4, 0.5) is 5.69 Å². The third kappa shape index (κ3) is 1.97. The maximum Gasteiger partial charge on any atom is 0.162 e. The zero-order chi connectivity index (χ0) is 13.2. The molecule has 2 aromatic rings. The lowest BCUT2D eigenvalue weighted by Crippen LogP contribution is -2.11. The number of fused-ring (bicyclic) bond motifs is 1. The molecule has 0 fully saturated rings. The highest BCUT2D eigenvalue weighted by Gasteiger charge is 2.20. The van der Waals surface area contributed by atoms with Gasteiger partial charge in [0.05, 0.1) is 5.69 Å². The van der Waals surface area contributed by atoms with Gasteiger partial charge in [0.1, 0.15) is 11.9 Å². The first-order valence-electron chi connectivity index (χ1n) is 6.61. The molecule has 2 heterocycles. The summed E-state index contributed by atoms with van der Waals surface area (Å²) < 4.78 is 2.21. The predicted molar refractivity (Wildman–Crippen MR) is 74.9 cm³/mol. The Kier molecular flexibility index (Phi) is 2.96. The lowest BCUT2D eigenvalue weighted by atomic mass is 10.1. The summed E-state index contributed by atoms with van der Waals surface area (Å²) in [6.45, 7) is 0.961. The van der Waals surface area contributed by atoms with Crippen LogP contribution in [0.2, 0.25) is 0 Å². The molecule has 0 atom stereocenters. The summed E-state index contributed by atoms with van der Waals surface area (Å²) in [4.78, 5) is 4.53. The Bertz CT molecular complexity index is 649. The first-order chi connectivity index (χ1) is 9.33. The Labute approximate surface area is 112 Å². The van der Waals surface area contributed by atoms with Gasteiger partial charge in [-0.1, -0.05) is 12.1 Å². The number of nitrogens with one attached hydrogen (secondary N) is 1. The van der Waals surface area contributed by atoms with Crippen LogP contribution in [-0.2, 0) is 13.0 Å². The van der Waals surface area contributed by atoms with Gasteiger partial charge in [-0.2, -0.15) is 5.26 Å². The van der Waals surface area contributed by atoms with Crippen molar-refractivity contribution >= 4 is 5.69 Å². The van der Waals surface area contributed by atoms with E-state index in [1.54, 1.807) is 0 Å². The van der Waals surface area contributed by atoms with E-state index in [0.717, 1.165) is 48.6 Å². The summed E-state index contributed by atoms with van der Waals surface area (Å²) >= 11 is 0. The van der Waals surface area contributed by atoms with Crippen molar-refractivity contribution < 1.29 is 0 Å². The van der Waals surface area contributed by atoms with Crippen LogP contribution < -0.4 is 5.32 Å². The minimum Gasteiger partial charge on any atom is -0.388 e. The molecule has 0 saturated carbocycles. The largest absolute Gasteiger partial charge is 0.388 e. The van der Waals surface area contributed by atoms with E-state index in [2.05, 4.69) is 27.0 Å². The third-order valence-corrected chi connectivity index (χ3v) is 3.63. The van der Waals surface area contributed by atoms with Gasteiger partial charge in [-0.05, 0) is 31.4 Å². The average Bonchev–Trinajstić information content (AvgIpc) is 2.86. The fourth-order valence-corrected chi connectivity index (χ4v) is 2.67. The van der Waals surface area contributed by atoms with Gasteiger partial charge in [-0.3, -0.25) is 0 Å². The topological polar surface area (TPSA) is 53.6 Å². The number of nitrogens with zero attached hydrogens (tertiary/aromatic N) is 3. The summed E-state index contributed by atoms with van der Waals surface area (Å²) in [5.74, 6) is 0.920. The first kappa shape index (κ1) is 11.8. The van der Waals surface area contributed by atoms with Crippen molar-refractivity contribution in [3.63, 3.8) is 0 Å². The SMILES string of the molecule is CNc1cccc(-c2nc(C#N)c3n2CCCC3)c1. The molecule has 1 aromatic heterocycles. The van der Waals surface area contributed by atoms with E-state index >= 15 is 0 Å². The Morgan fingerprint density at radius 3 is 3.05 bits per heavy atom. The normalized spacial score (nSPS) is 13.7. The van der Waals surface area contributed by atoms with Gasteiger partial charge in [-0.15, -0.1) is 0 Å². The van der Waals surface area contributed by atoms with Crippen molar-refractivity contribution in [1.82, 2.24) is 9.55 Å². The molecule has 4 nitrogen and oxygen atoms in total. The summed E-state index contributed by atoms with van der Waals surface area (Å²) in [5, 5.41) is 12.4. The molecule has 19 heavy (non-hydrogen) atoms. The summed E-state index contributed by atoms with van der Waals surface area (Å²) in [5.41, 5.74) is 3.81. The van der Waals surface area contributed by atoms with E-state index in [-0.39, 0.29) is 0 Å². The van der Waals surface area contributed by atoms with Crippen LogP contribution in [-0.4, -0.2) is 16.6 Å². The quantitative estimate of drug-likeness (QED) is 0.894. The van der Waals surface area contributed by atoms with Crippen LogP contribution in [0, 0.1) is 11.3 Å². The number of benzene rings is 1. The van der Waals surface area contributed by atoms with Gasteiger partial charge in [0, 0.05) is 24.8 Å². The second kappa shape index (κ2) is 4.77. The van der Waals surface area contributed by atoms with E-state index in [1.807, 2.05) is 25.2 Å². The molecule has 0 radical (unpaired) electrons. The monoisotopic (exact) mass is 252 g/mol. The van der Waals surface area contributed by atoms with Gasteiger partial charge >= 0.3 is 0 Å². The lowest BCUT2D eigenvalue weighted by Gasteiger charge is -2.16. The second-order valence-corrected chi connectivity index (χ2v) is 4.78. The Morgan fingerprint density at radius 1 is 1.37 bits per heavy atom. The molecule has 0 aliphatic carbocycles. The van der Waals surface area contributed by atoms with Crippen molar-refractivity contribution in [2.75, 3.05) is 12.4 Å². The summed E-state index contributed by atoms with van der Waals surface area (Å²) in [7, 11) is 1.90. The number of hydrogen-bond donors (Lipinski definition) is 1. The molecule has 0 saturated heterocycles. The third-order valence-electron chi connectivity index (χ3n) is 3.63. The number of imidazole rings is 1. The average molecular weight is 252 g/mol. The van der Waals surface area contributed by atoms with Crippen LogP contribution in [0.1, 0.15) is 24.2 Å². The number of anilines is 1. The zero-order valence-corrected chi connectivity index (χ0v) is 11.0. The maximum atomic E-state index is 9.22. The van der Waals surface area contributed by atoms with Crippen molar-refractivity contribution in [3.05, 3.63) is 35.7 Å². The van der Waals surface area contributed by atoms with Gasteiger partial charge in [-0.25, -0.2) is 4.98 Å². The molecule has 0 spiro atoms. The van der Waals surface area contributed by atoms with E-state index < -0.39 is 0 Å². The number of hydrogen-bond acceptors (Lipinski definition) is 3. The highest BCUT2D eigenvalue weighted by molar-refractivity contribution is 5.64. The molecule has 0 amide bonds. The van der Waals surface area contributed by atoms with Crippen LogP contribution in [0.15, 0.2) is 24.3 Å². The highest BCUT2D eigenvalue weighted by Crippen LogP contribution is 2.28. The van der Waals surface area contributed by atoms with Gasteiger partial charge < -0.3 is 9.88 Å². The smallest absolute Gasteiger partial charge is 0.162 e. The fourth-order valence-electron chi connectivity index (χ4n) is 2.67. The van der Waals surface area contributed by atoms with E-state index in [9.17, 15) is 5.26 Å². The van der Waals surface area contributed by atoms with E-state index in [0.29, 0.717) is 5.69 Å². The number of aromatic nitrogens is 2. The molecule has 1 N–H and O–H groups in total. The Morgan fingerprint density at radius 2 is 2.26 bits per heavy atom. The number of nitriles is 1. The molecule has 4 heteroatoms. The highest BCUT2D eigenvalue weighted by atomic mass is 15.1. The van der Waals surface area contributed by atoms with Crippen LogP contribution in [0.25, 0.3) is 11.4 Å². The van der Waals surface area contributed by atoms with Crippen LogP contribution >= 0.6 is 0 Å². The molecule has 0 unspecified atom stereocenters. The minimum atomic E-state index is 0.588. The van der Waals surface area contributed by atoms with Gasteiger partial charge in [0.25, 0.3) is 0 Å². The van der Waals surface area contributed by atoms with Gasteiger partial charge in [0.15, 0.2) is 5.69 Å². The molecular weight excluding hydrogens is 236 g/mol. The van der Waals surface area contributed by atoms with E-state index in [4.69, 9.17) is 0 Å². The van der Waals surface area contributed by atoms with Crippen molar-refractivity contribution in [2.45, 2.75) is 25.8 Å². The van der Waals surface area contributed by atoms with Crippen molar-refractivity contribution in [2.24, 2.45) is 0 Å². The number of rotatable bonds is 2. The van der Waals surface area contributed by atoms with E-state index in [1.165, 1.54) is 0 Å². The Balaban J connectivity index is 2.14. The minimum absolute atomic E-state index is 0.588. The maximum absolute atomic E-state index is 9.22. The predicted octanol–water partition coefficient (Wildman–Crippen LogP) is 2.80. The molecule has 1 aliphatic rings. The molecule has 1 aromatic carbocycles. The molecule has 0 bridgehead atoms. The summed E-state index contributed by atoms with van der Waals surface area (Å²) in [6.07, 6.45) is 3.27. The van der Waals surface area contributed by atoms with Crippen molar-refractivity contribution in [3.8, 4) is 17.5 Å². The lowest BCUT2D eigenvalue weighted by molar-refractivity contribution is 0.535. The molecule has 3 rings (SSSR count). The zero-order valence-electron chi connectivity index (χ0n) is 11.0. The van der Waals surface area contributed by atoms with Gasteiger partial charge in [0.2, 0.25) is 0 Å². The molecular formula is C15H16N4. The summed E-state index contributed by atoms with van der Waals surface area (Å²) in [6, 6.07) is 10.4. The second-order valence-electron chi connectivity index (χ2n) is 4.78. The first-order valence-corrected chi connectivity index (χ1v) is 6.61.